The fourth-order valence-corrected chi connectivity index (χ4v) is 4.44. The van der Waals surface area contributed by atoms with E-state index in [2.05, 4.69) is 21.7 Å². The second-order valence-corrected chi connectivity index (χ2v) is 7.42. The summed E-state index contributed by atoms with van der Waals surface area (Å²) in [5.74, 6) is -1.13. The number of nitrogens with zero attached hydrogens (tertiary/aromatic N) is 1. The Balaban J connectivity index is 1.51. The molecule has 2 aliphatic rings. The van der Waals surface area contributed by atoms with Crippen molar-refractivity contribution in [1.82, 2.24) is 10.3 Å². The standard InChI is InChI=1S/C22H27N3O3/c1-27-22(28-2,19-11-3-4-12-23-19)14-24-21(26)25-20-17-9-5-7-15(17)13-16-8-6-10-18(16)20/h3-4,11-13H,5-10,14H2,1-2H3,(H2,24,25,26). The first-order valence-electron chi connectivity index (χ1n) is 9.90. The summed E-state index contributed by atoms with van der Waals surface area (Å²) >= 11 is 0. The van der Waals surface area contributed by atoms with Crippen LogP contribution in [0.5, 0.6) is 0 Å². The summed E-state index contributed by atoms with van der Waals surface area (Å²) in [6.07, 6.45) is 8.27. The summed E-state index contributed by atoms with van der Waals surface area (Å²) < 4.78 is 11.2. The van der Waals surface area contributed by atoms with Crippen molar-refractivity contribution < 1.29 is 14.3 Å². The lowest BCUT2D eigenvalue weighted by Crippen LogP contribution is -2.45. The Kier molecular flexibility index (Phi) is 5.33. The van der Waals surface area contributed by atoms with Crippen molar-refractivity contribution >= 4 is 11.7 Å². The number of pyridine rings is 1. The van der Waals surface area contributed by atoms with Crippen LogP contribution in [0.25, 0.3) is 0 Å². The van der Waals surface area contributed by atoms with Gasteiger partial charge in [-0.25, -0.2) is 4.79 Å². The molecule has 6 nitrogen and oxygen atoms in total. The Morgan fingerprint density at radius 3 is 2.32 bits per heavy atom. The van der Waals surface area contributed by atoms with E-state index in [0.29, 0.717) is 5.69 Å². The predicted molar refractivity (Wildman–Crippen MR) is 107 cm³/mol. The molecule has 0 radical (unpaired) electrons. The van der Waals surface area contributed by atoms with E-state index in [1.165, 1.54) is 22.3 Å². The highest BCUT2D eigenvalue weighted by molar-refractivity contribution is 5.92. The maximum Gasteiger partial charge on any atom is 0.319 e. The maximum atomic E-state index is 12.8. The zero-order valence-corrected chi connectivity index (χ0v) is 16.5. The van der Waals surface area contributed by atoms with Gasteiger partial charge in [-0.1, -0.05) is 12.1 Å². The summed E-state index contributed by atoms with van der Waals surface area (Å²) in [5, 5.41) is 6.05. The van der Waals surface area contributed by atoms with Crippen molar-refractivity contribution in [2.24, 2.45) is 0 Å². The first-order valence-corrected chi connectivity index (χ1v) is 9.90. The van der Waals surface area contributed by atoms with Crippen LogP contribution in [-0.2, 0) is 40.9 Å². The number of anilines is 1. The molecule has 0 atom stereocenters. The van der Waals surface area contributed by atoms with Crippen molar-refractivity contribution in [3.05, 3.63) is 58.4 Å². The zero-order chi connectivity index (χ0) is 19.6. The van der Waals surface area contributed by atoms with Gasteiger partial charge in [0.2, 0.25) is 5.79 Å². The Bertz CT molecular complexity index is 831. The smallest absolute Gasteiger partial charge is 0.319 e. The lowest BCUT2D eigenvalue weighted by Gasteiger charge is -2.30. The van der Waals surface area contributed by atoms with Crippen LogP contribution in [0.1, 0.15) is 40.8 Å². The van der Waals surface area contributed by atoms with Crippen molar-refractivity contribution in [2.75, 3.05) is 26.1 Å². The molecule has 0 aliphatic heterocycles. The summed E-state index contributed by atoms with van der Waals surface area (Å²) in [7, 11) is 3.10. The van der Waals surface area contributed by atoms with Crippen LogP contribution >= 0.6 is 0 Å². The molecule has 1 aromatic carbocycles. The third-order valence-electron chi connectivity index (χ3n) is 5.91. The van der Waals surface area contributed by atoms with Gasteiger partial charge in [0.05, 0.1) is 6.54 Å². The molecule has 148 valence electrons. The van der Waals surface area contributed by atoms with E-state index in [9.17, 15) is 4.79 Å². The van der Waals surface area contributed by atoms with Crippen LogP contribution in [0.2, 0.25) is 0 Å². The number of carbonyl (C=O) groups is 1. The summed E-state index contributed by atoms with van der Waals surface area (Å²) in [5.41, 5.74) is 7.05. The highest BCUT2D eigenvalue weighted by Gasteiger charge is 2.34. The number of fused-ring (bicyclic) bond motifs is 2. The Labute approximate surface area is 165 Å². The quantitative estimate of drug-likeness (QED) is 0.753. The van der Waals surface area contributed by atoms with Crippen LogP contribution in [0.4, 0.5) is 10.5 Å². The third kappa shape index (κ3) is 3.38. The van der Waals surface area contributed by atoms with Crippen LogP contribution in [-0.4, -0.2) is 31.8 Å². The van der Waals surface area contributed by atoms with Gasteiger partial charge < -0.3 is 20.1 Å². The van der Waals surface area contributed by atoms with Gasteiger partial charge in [-0.3, -0.25) is 4.98 Å². The van der Waals surface area contributed by atoms with E-state index in [1.807, 2.05) is 18.2 Å². The first kappa shape index (κ1) is 18.9. The number of hydrogen-bond donors (Lipinski definition) is 2. The number of aryl methyl sites for hydroxylation is 2. The van der Waals surface area contributed by atoms with Crippen molar-refractivity contribution in [3.63, 3.8) is 0 Å². The summed E-state index contributed by atoms with van der Waals surface area (Å²) in [6, 6.07) is 7.63. The summed E-state index contributed by atoms with van der Waals surface area (Å²) in [6.45, 7) is 0.153. The topological polar surface area (TPSA) is 72.5 Å². The molecule has 0 saturated heterocycles. The lowest BCUT2D eigenvalue weighted by atomic mass is 9.99. The fourth-order valence-electron chi connectivity index (χ4n) is 4.44. The van der Waals surface area contributed by atoms with Gasteiger partial charge in [0.1, 0.15) is 5.69 Å². The van der Waals surface area contributed by atoms with Gasteiger partial charge in [0.15, 0.2) is 0 Å². The molecule has 28 heavy (non-hydrogen) atoms. The Morgan fingerprint density at radius 2 is 1.75 bits per heavy atom. The molecule has 1 aromatic heterocycles. The average Bonchev–Trinajstić information content (AvgIpc) is 3.39. The van der Waals surface area contributed by atoms with E-state index in [0.717, 1.165) is 44.2 Å². The molecule has 2 aliphatic carbocycles. The van der Waals surface area contributed by atoms with E-state index in [4.69, 9.17) is 9.47 Å². The minimum absolute atomic E-state index is 0.153. The average molecular weight is 381 g/mol. The SMILES string of the molecule is COC(CNC(=O)Nc1c2c(cc3c1CCC3)CCC2)(OC)c1ccccn1. The number of amides is 2. The number of aromatic nitrogens is 1. The normalized spacial score (nSPS) is 15.2. The number of rotatable bonds is 6. The van der Waals surface area contributed by atoms with Crippen LogP contribution in [0, 0.1) is 0 Å². The molecule has 0 spiro atoms. The lowest BCUT2D eigenvalue weighted by molar-refractivity contribution is -0.213. The number of ether oxygens (including phenoxy) is 2. The van der Waals surface area contributed by atoms with Gasteiger partial charge in [-0.15, -0.1) is 0 Å². The summed E-state index contributed by atoms with van der Waals surface area (Å²) in [4.78, 5) is 17.1. The minimum Gasteiger partial charge on any atom is -0.347 e. The van der Waals surface area contributed by atoms with Gasteiger partial charge in [-0.05, 0) is 72.9 Å². The number of benzene rings is 1. The maximum absolute atomic E-state index is 12.8. The van der Waals surface area contributed by atoms with Crippen LogP contribution in [0.15, 0.2) is 30.5 Å². The van der Waals surface area contributed by atoms with E-state index < -0.39 is 5.79 Å². The molecule has 0 bridgehead atoms. The molecule has 2 amide bonds. The Morgan fingerprint density at radius 1 is 1.07 bits per heavy atom. The molecule has 6 heteroatoms. The van der Waals surface area contributed by atoms with E-state index in [1.54, 1.807) is 20.4 Å². The minimum atomic E-state index is -1.13. The van der Waals surface area contributed by atoms with Crippen molar-refractivity contribution in [1.29, 1.82) is 0 Å². The van der Waals surface area contributed by atoms with E-state index >= 15 is 0 Å². The van der Waals surface area contributed by atoms with Crippen LogP contribution < -0.4 is 10.6 Å². The van der Waals surface area contributed by atoms with Crippen LogP contribution in [0.3, 0.4) is 0 Å². The molecular formula is C22H27N3O3. The van der Waals surface area contributed by atoms with E-state index in [-0.39, 0.29) is 12.6 Å². The predicted octanol–water partition coefficient (Wildman–Crippen LogP) is 3.33. The van der Waals surface area contributed by atoms with Gasteiger partial charge >= 0.3 is 6.03 Å². The molecule has 2 N–H and O–H groups in total. The van der Waals surface area contributed by atoms with Gasteiger partial charge in [0.25, 0.3) is 0 Å². The molecule has 0 unspecified atom stereocenters. The second-order valence-electron chi connectivity index (χ2n) is 7.42. The number of nitrogens with one attached hydrogen (secondary N) is 2. The number of carbonyl (C=O) groups excluding carboxylic acids is 1. The molecular weight excluding hydrogens is 354 g/mol. The first-order chi connectivity index (χ1) is 13.7. The number of hydrogen-bond acceptors (Lipinski definition) is 4. The third-order valence-corrected chi connectivity index (χ3v) is 5.91. The highest BCUT2D eigenvalue weighted by Crippen LogP contribution is 2.38. The molecule has 0 saturated carbocycles. The Hall–Kier alpha value is -2.44. The monoisotopic (exact) mass is 381 g/mol. The second kappa shape index (κ2) is 7.89. The molecule has 0 fully saturated rings. The van der Waals surface area contributed by atoms with Gasteiger partial charge in [-0.2, -0.15) is 0 Å². The highest BCUT2D eigenvalue weighted by atomic mass is 16.7. The fraction of sp³-hybridized carbons (Fsp3) is 0.455. The number of urea groups is 1. The molecule has 1 heterocycles. The number of methoxy groups -OCH3 is 2. The van der Waals surface area contributed by atoms with Crippen molar-refractivity contribution in [2.45, 2.75) is 44.3 Å². The van der Waals surface area contributed by atoms with Crippen molar-refractivity contribution in [3.8, 4) is 0 Å². The largest absolute Gasteiger partial charge is 0.347 e. The molecule has 2 aromatic rings. The molecule has 4 rings (SSSR count). The zero-order valence-electron chi connectivity index (χ0n) is 16.5. The van der Waals surface area contributed by atoms with Gasteiger partial charge in [0, 0.05) is 26.1 Å².